The zero-order chi connectivity index (χ0) is 8.43. The molecule has 1 aromatic rings. The summed E-state index contributed by atoms with van der Waals surface area (Å²) in [5.41, 5.74) is 0.606. The molecule has 5 heteroatoms. The van der Waals surface area contributed by atoms with Crippen LogP contribution in [0.5, 0.6) is 0 Å². The van der Waals surface area contributed by atoms with E-state index in [2.05, 4.69) is 9.97 Å². The molecule has 0 saturated heterocycles. The normalized spacial score (nSPS) is 8.83. The van der Waals surface area contributed by atoms with Crippen molar-refractivity contribution in [1.29, 1.82) is 0 Å². The minimum Gasteiger partial charge on any atom is -0.309 e. The van der Waals surface area contributed by atoms with Gasteiger partial charge in [-0.2, -0.15) is 0 Å². The van der Waals surface area contributed by atoms with E-state index < -0.39 is 5.69 Å². The second-order valence-corrected chi connectivity index (χ2v) is 2.28. The Morgan fingerprint density at radius 2 is 2.17 bits per heavy atom. The van der Waals surface area contributed by atoms with Crippen molar-refractivity contribution in [3.05, 3.63) is 27.9 Å². The van der Waals surface area contributed by atoms with Crippen LogP contribution in [0, 0.1) is 6.92 Å². The van der Waals surface area contributed by atoms with Crippen LogP contribution in [-0.4, -0.2) is 15.8 Å². The molecule has 0 spiro atoms. The molecule has 0 amide bonds. The number of nitrogens with zero attached hydrogens (tertiary/aromatic N) is 1. The number of Topliss-reactive ketones (excluding diaryl/α,β-unsaturated/α-hetero) is 1. The summed E-state index contributed by atoms with van der Waals surface area (Å²) in [6.45, 7) is 3.10. The third-order valence-electron chi connectivity index (χ3n) is 1.39. The highest BCUT2D eigenvalue weighted by Crippen LogP contribution is 1.99. The number of hydrogen-bond donors (Lipinski definition) is 1. The Kier molecular flexibility index (Phi) is 3.63. The summed E-state index contributed by atoms with van der Waals surface area (Å²) in [5, 5.41) is 0. The van der Waals surface area contributed by atoms with Crippen molar-refractivity contribution in [2.24, 2.45) is 0 Å². The van der Waals surface area contributed by atoms with Crippen molar-refractivity contribution in [1.82, 2.24) is 9.97 Å². The Morgan fingerprint density at radius 3 is 2.58 bits per heavy atom. The van der Waals surface area contributed by atoms with E-state index >= 15 is 0 Å². The predicted molar refractivity (Wildman–Crippen MR) is 46.8 cm³/mol. The van der Waals surface area contributed by atoms with Gasteiger partial charge < -0.3 is 4.98 Å². The highest BCUT2D eigenvalue weighted by atomic mass is 35.5. The average molecular weight is 189 g/mol. The number of H-pyrrole nitrogens is 1. The van der Waals surface area contributed by atoms with Gasteiger partial charge in [-0.1, -0.05) is 0 Å². The summed E-state index contributed by atoms with van der Waals surface area (Å²) in [6, 6.07) is 0. The number of ketones is 1. The number of halogens is 1. The molecular formula is C7H9ClN2O2. The van der Waals surface area contributed by atoms with Gasteiger partial charge in [-0.3, -0.25) is 4.79 Å². The maximum atomic E-state index is 10.8. The lowest BCUT2D eigenvalue weighted by Gasteiger charge is -1.97. The molecule has 0 fully saturated rings. The first-order valence-corrected chi connectivity index (χ1v) is 3.18. The number of aromatic nitrogens is 2. The monoisotopic (exact) mass is 188 g/mol. The molecule has 1 aromatic heterocycles. The molecule has 66 valence electrons. The molecule has 0 saturated carbocycles. The molecule has 0 radical (unpaired) electrons. The van der Waals surface area contributed by atoms with Gasteiger partial charge in [-0.25, -0.2) is 9.78 Å². The third kappa shape index (κ3) is 2.17. The summed E-state index contributed by atoms with van der Waals surface area (Å²) in [7, 11) is 0. The lowest BCUT2D eigenvalue weighted by atomic mass is 10.2. The fourth-order valence-corrected chi connectivity index (χ4v) is 0.835. The molecule has 0 aliphatic heterocycles. The second-order valence-electron chi connectivity index (χ2n) is 2.28. The smallest absolute Gasteiger partial charge is 0.309 e. The van der Waals surface area contributed by atoms with Gasteiger partial charge in [0.1, 0.15) is 0 Å². The van der Waals surface area contributed by atoms with Crippen molar-refractivity contribution < 1.29 is 4.79 Å². The maximum absolute atomic E-state index is 10.8. The highest BCUT2D eigenvalue weighted by Gasteiger charge is 2.03. The quantitative estimate of drug-likeness (QED) is 0.660. The minimum atomic E-state index is -0.424. The van der Waals surface area contributed by atoms with Gasteiger partial charge in [0.15, 0.2) is 5.78 Å². The van der Waals surface area contributed by atoms with Crippen molar-refractivity contribution >= 4 is 18.2 Å². The molecule has 12 heavy (non-hydrogen) atoms. The van der Waals surface area contributed by atoms with E-state index in [1.807, 2.05) is 0 Å². The van der Waals surface area contributed by atoms with E-state index in [-0.39, 0.29) is 18.2 Å². The molecule has 0 atom stereocenters. The van der Waals surface area contributed by atoms with Gasteiger partial charge in [-0.15, -0.1) is 12.4 Å². The second kappa shape index (κ2) is 4.01. The summed E-state index contributed by atoms with van der Waals surface area (Å²) < 4.78 is 0. The van der Waals surface area contributed by atoms with Crippen LogP contribution >= 0.6 is 12.4 Å². The van der Waals surface area contributed by atoms with Gasteiger partial charge in [0.2, 0.25) is 0 Å². The van der Waals surface area contributed by atoms with E-state index in [4.69, 9.17) is 0 Å². The van der Waals surface area contributed by atoms with Crippen LogP contribution in [0.4, 0.5) is 0 Å². The molecule has 1 heterocycles. The fraction of sp³-hybridized carbons (Fsp3) is 0.286. The van der Waals surface area contributed by atoms with Crippen LogP contribution in [0.2, 0.25) is 0 Å². The Labute approximate surface area is 75.4 Å². The van der Waals surface area contributed by atoms with Crippen molar-refractivity contribution in [3.8, 4) is 0 Å². The third-order valence-corrected chi connectivity index (χ3v) is 1.39. The number of hydrogen-bond acceptors (Lipinski definition) is 3. The molecule has 4 nitrogen and oxygen atoms in total. The van der Waals surface area contributed by atoms with Gasteiger partial charge in [0.25, 0.3) is 0 Å². The lowest BCUT2D eigenvalue weighted by molar-refractivity contribution is 0.101. The van der Waals surface area contributed by atoms with Crippen LogP contribution in [0.15, 0.2) is 11.0 Å². The number of aryl methyl sites for hydroxylation is 1. The number of aromatic amines is 1. The number of carbonyl (C=O) groups is 1. The molecule has 0 aliphatic rings. The predicted octanol–water partition coefficient (Wildman–Crippen LogP) is 0.703. The van der Waals surface area contributed by atoms with Crippen LogP contribution in [0.1, 0.15) is 23.0 Å². The van der Waals surface area contributed by atoms with E-state index in [0.29, 0.717) is 11.3 Å². The molecule has 0 aliphatic carbocycles. The Hall–Kier alpha value is -1.16. The zero-order valence-electron chi connectivity index (χ0n) is 6.75. The standard InChI is InChI=1S/C7H8N2O2.ClH/c1-4-6(5(2)10)3-8-7(11)9-4;/h3H,1-2H3,(H,8,9,11);1H. The highest BCUT2D eigenvalue weighted by molar-refractivity contribution is 5.94. The largest absolute Gasteiger partial charge is 0.345 e. The zero-order valence-corrected chi connectivity index (χ0v) is 7.57. The van der Waals surface area contributed by atoms with Gasteiger partial charge in [0.05, 0.1) is 5.56 Å². The van der Waals surface area contributed by atoms with Crippen molar-refractivity contribution in [3.63, 3.8) is 0 Å². The molecule has 0 bridgehead atoms. The topological polar surface area (TPSA) is 62.8 Å². The van der Waals surface area contributed by atoms with Crippen LogP contribution in [0.25, 0.3) is 0 Å². The van der Waals surface area contributed by atoms with E-state index in [0.717, 1.165) is 0 Å². The van der Waals surface area contributed by atoms with E-state index in [1.165, 1.54) is 13.1 Å². The average Bonchev–Trinajstić information content (AvgIpc) is 1.85. The fourth-order valence-electron chi connectivity index (χ4n) is 0.835. The lowest BCUT2D eigenvalue weighted by Crippen LogP contribution is -2.14. The minimum absolute atomic E-state index is 0. The molecule has 0 unspecified atom stereocenters. The summed E-state index contributed by atoms with van der Waals surface area (Å²) in [5.74, 6) is -0.0914. The van der Waals surface area contributed by atoms with Crippen molar-refractivity contribution in [2.45, 2.75) is 13.8 Å². The van der Waals surface area contributed by atoms with Gasteiger partial charge >= 0.3 is 5.69 Å². The van der Waals surface area contributed by atoms with E-state index in [9.17, 15) is 9.59 Å². The van der Waals surface area contributed by atoms with Crippen LogP contribution in [0.3, 0.4) is 0 Å². The summed E-state index contributed by atoms with van der Waals surface area (Å²) in [4.78, 5) is 27.3. The number of carbonyl (C=O) groups excluding carboxylic acids is 1. The Morgan fingerprint density at radius 1 is 1.58 bits per heavy atom. The first kappa shape index (κ1) is 10.8. The van der Waals surface area contributed by atoms with Crippen LogP contribution < -0.4 is 5.69 Å². The van der Waals surface area contributed by atoms with Crippen LogP contribution in [-0.2, 0) is 0 Å². The first-order valence-electron chi connectivity index (χ1n) is 3.18. The Bertz CT molecular complexity index is 346. The van der Waals surface area contributed by atoms with Gasteiger partial charge in [0, 0.05) is 11.9 Å². The van der Waals surface area contributed by atoms with Crippen molar-refractivity contribution in [2.75, 3.05) is 0 Å². The molecular weight excluding hydrogens is 180 g/mol. The number of rotatable bonds is 1. The summed E-state index contributed by atoms with van der Waals surface area (Å²) in [6.07, 6.45) is 1.29. The summed E-state index contributed by atoms with van der Waals surface area (Å²) >= 11 is 0. The van der Waals surface area contributed by atoms with E-state index in [1.54, 1.807) is 6.92 Å². The van der Waals surface area contributed by atoms with Gasteiger partial charge in [-0.05, 0) is 13.8 Å². The molecule has 1 N–H and O–H groups in total. The maximum Gasteiger partial charge on any atom is 0.345 e. The SMILES string of the molecule is CC(=O)c1cnc(=O)[nH]c1C.Cl. The number of nitrogens with one attached hydrogen (secondary N) is 1. The first-order chi connectivity index (χ1) is 5.11. The molecule has 1 rings (SSSR count). The molecule has 0 aromatic carbocycles. The Balaban J connectivity index is 0.00000121.